The normalized spacial score (nSPS) is 19.5. The molecular formula is C21H28N4O3+2. The maximum absolute atomic E-state index is 12.1. The highest BCUT2D eigenvalue weighted by Crippen LogP contribution is 2.27. The fraction of sp³-hybridized carbons (Fsp3) is 0.333. The van der Waals surface area contributed by atoms with Gasteiger partial charge in [0.2, 0.25) is 0 Å². The average Bonchev–Trinajstić information content (AvgIpc) is 2.71. The Kier molecular flexibility index (Phi) is 7.00. The molecule has 1 aliphatic rings. The molecule has 4 N–H and O–H groups in total. The molecule has 0 radical (unpaired) electrons. The standard InChI is InChI=1S/C21H26N4O3/c1-28-19-9-5-8-18(21(19)27)14-22-23-20(26)16-25-12-10-24(11-13-25)15-17-6-3-2-4-7-17/h2-9,14,27H,10-13,15-16H2,1H3,(H,23,26)/p+2. The number of hydrazone groups is 1. The number of benzene rings is 2. The van der Waals surface area contributed by atoms with E-state index in [0.29, 0.717) is 17.9 Å². The number of phenolic OH excluding ortho intramolecular Hbond substituents is 1. The van der Waals surface area contributed by atoms with Crippen LogP contribution in [0.3, 0.4) is 0 Å². The molecule has 0 atom stereocenters. The van der Waals surface area contributed by atoms with Gasteiger partial charge in [-0.05, 0) is 12.1 Å². The summed E-state index contributed by atoms with van der Waals surface area (Å²) in [5.74, 6) is 0.252. The number of phenols is 1. The minimum atomic E-state index is -0.125. The maximum atomic E-state index is 12.1. The Morgan fingerprint density at radius 1 is 1.11 bits per heavy atom. The molecule has 2 aromatic rings. The first kappa shape index (κ1) is 19.9. The number of nitrogens with zero attached hydrogens (tertiary/aromatic N) is 1. The third kappa shape index (κ3) is 5.55. The van der Waals surface area contributed by atoms with E-state index in [2.05, 4.69) is 34.8 Å². The quantitative estimate of drug-likeness (QED) is 0.359. The lowest BCUT2D eigenvalue weighted by Gasteiger charge is -2.29. The van der Waals surface area contributed by atoms with Crippen LogP contribution >= 0.6 is 0 Å². The number of methoxy groups -OCH3 is 1. The zero-order valence-corrected chi connectivity index (χ0v) is 16.1. The van der Waals surface area contributed by atoms with Gasteiger partial charge >= 0.3 is 0 Å². The Balaban J connectivity index is 1.41. The van der Waals surface area contributed by atoms with Gasteiger partial charge in [-0.15, -0.1) is 0 Å². The summed E-state index contributed by atoms with van der Waals surface area (Å²) in [5, 5.41) is 14.0. The predicted octanol–water partition coefficient (Wildman–Crippen LogP) is -1.17. The summed E-state index contributed by atoms with van der Waals surface area (Å²) in [7, 11) is 1.49. The number of amides is 1. The van der Waals surface area contributed by atoms with Gasteiger partial charge in [-0.1, -0.05) is 36.4 Å². The molecule has 1 amide bonds. The molecule has 1 saturated heterocycles. The number of carbonyl (C=O) groups excluding carboxylic acids is 1. The molecule has 148 valence electrons. The van der Waals surface area contributed by atoms with Gasteiger partial charge in [-0.2, -0.15) is 5.10 Å². The van der Waals surface area contributed by atoms with E-state index in [1.54, 1.807) is 23.1 Å². The number of piperazine rings is 1. The number of nitrogens with one attached hydrogen (secondary N) is 3. The summed E-state index contributed by atoms with van der Waals surface area (Å²) < 4.78 is 5.06. The molecule has 0 bridgehead atoms. The second-order valence-electron chi connectivity index (χ2n) is 7.03. The van der Waals surface area contributed by atoms with E-state index in [1.807, 2.05) is 6.07 Å². The number of rotatable bonds is 7. The Morgan fingerprint density at radius 3 is 2.54 bits per heavy atom. The molecule has 28 heavy (non-hydrogen) atoms. The van der Waals surface area contributed by atoms with Crippen molar-refractivity contribution in [3.05, 3.63) is 59.7 Å². The first-order valence-electron chi connectivity index (χ1n) is 9.54. The lowest BCUT2D eigenvalue weighted by Crippen LogP contribution is -3.28. The van der Waals surface area contributed by atoms with E-state index in [-0.39, 0.29) is 11.7 Å². The summed E-state index contributed by atoms with van der Waals surface area (Å²) in [6.45, 7) is 5.48. The number of quaternary nitrogens is 2. The topological polar surface area (TPSA) is 79.8 Å². The lowest BCUT2D eigenvalue weighted by atomic mass is 10.2. The Morgan fingerprint density at radius 2 is 1.82 bits per heavy atom. The molecule has 0 spiro atoms. The highest BCUT2D eigenvalue weighted by atomic mass is 16.5. The molecule has 3 rings (SSSR count). The molecule has 7 nitrogen and oxygen atoms in total. The largest absolute Gasteiger partial charge is 0.504 e. The van der Waals surface area contributed by atoms with Gasteiger partial charge in [0, 0.05) is 11.1 Å². The van der Waals surface area contributed by atoms with Crippen molar-refractivity contribution in [2.75, 3.05) is 39.8 Å². The third-order valence-electron chi connectivity index (χ3n) is 5.01. The minimum absolute atomic E-state index is 0.00568. The van der Waals surface area contributed by atoms with Crippen molar-refractivity contribution in [1.29, 1.82) is 0 Å². The van der Waals surface area contributed by atoms with Gasteiger partial charge in [0.25, 0.3) is 5.91 Å². The number of hydrogen-bond donors (Lipinski definition) is 4. The van der Waals surface area contributed by atoms with Crippen molar-refractivity contribution in [2.24, 2.45) is 5.10 Å². The first-order valence-corrected chi connectivity index (χ1v) is 9.54. The molecule has 7 heteroatoms. The molecule has 0 saturated carbocycles. The van der Waals surface area contributed by atoms with Crippen molar-refractivity contribution in [1.82, 2.24) is 5.43 Å². The summed E-state index contributed by atoms with van der Waals surface area (Å²) in [4.78, 5) is 15.0. The van der Waals surface area contributed by atoms with Crippen LogP contribution < -0.4 is 20.0 Å². The zero-order valence-electron chi connectivity index (χ0n) is 16.1. The molecule has 2 aromatic carbocycles. The molecule has 1 fully saturated rings. The van der Waals surface area contributed by atoms with Crippen LogP contribution in [0, 0.1) is 0 Å². The number of ether oxygens (including phenoxy) is 1. The fourth-order valence-corrected chi connectivity index (χ4v) is 3.44. The van der Waals surface area contributed by atoms with Crippen LogP contribution in [0.4, 0.5) is 0 Å². The monoisotopic (exact) mass is 384 g/mol. The van der Waals surface area contributed by atoms with Gasteiger partial charge in [0.15, 0.2) is 18.0 Å². The van der Waals surface area contributed by atoms with E-state index in [1.165, 1.54) is 23.8 Å². The Bertz CT molecular complexity index is 803. The lowest BCUT2D eigenvalue weighted by molar-refractivity contribution is -1.02. The van der Waals surface area contributed by atoms with Gasteiger partial charge in [0.1, 0.15) is 32.7 Å². The number of para-hydroxylation sites is 1. The number of hydrogen-bond acceptors (Lipinski definition) is 4. The molecular weight excluding hydrogens is 356 g/mol. The van der Waals surface area contributed by atoms with Crippen LogP contribution in [0.15, 0.2) is 53.6 Å². The summed E-state index contributed by atoms with van der Waals surface area (Å²) in [5.41, 5.74) is 4.39. The SMILES string of the molecule is COc1cccc(C=NNC(=O)C[NH+]2CC[NH+](Cc3ccccc3)CC2)c1O. The first-order chi connectivity index (χ1) is 13.7. The number of carbonyl (C=O) groups is 1. The van der Waals surface area contributed by atoms with Crippen LogP contribution in [0.25, 0.3) is 0 Å². The average molecular weight is 384 g/mol. The van der Waals surface area contributed by atoms with E-state index in [4.69, 9.17) is 4.74 Å². The molecule has 0 unspecified atom stereocenters. The molecule has 0 aliphatic carbocycles. The van der Waals surface area contributed by atoms with Crippen LogP contribution in [0.5, 0.6) is 11.5 Å². The zero-order chi connectivity index (χ0) is 19.8. The predicted molar refractivity (Wildman–Crippen MR) is 107 cm³/mol. The van der Waals surface area contributed by atoms with Crippen LogP contribution in [0.2, 0.25) is 0 Å². The Hall–Kier alpha value is -2.90. The molecule has 1 aliphatic heterocycles. The maximum Gasteiger partial charge on any atom is 0.295 e. The van der Waals surface area contributed by atoms with Crippen molar-refractivity contribution in [2.45, 2.75) is 6.54 Å². The van der Waals surface area contributed by atoms with E-state index in [0.717, 1.165) is 32.7 Å². The van der Waals surface area contributed by atoms with Crippen molar-refractivity contribution >= 4 is 12.1 Å². The second-order valence-corrected chi connectivity index (χ2v) is 7.03. The summed E-state index contributed by atoms with van der Waals surface area (Å²) in [6.07, 6.45) is 1.42. The highest BCUT2D eigenvalue weighted by Gasteiger charge is 2.24. The van der Waals surface area contributed by atoms with Gasteiger partial charge in [-0.25, -0.2) is 5.43 Å². The van der Waals surface area contributed by atoms with Gasteiger partial charge in [0.05, 0.1) is 13.3 Å². The van der Waals surface area contributed by atoms with Crippen LogP contribution in [0.1, 0.15) is 11.1 Å². The van der Waals surface area contributed by atoms with Crippen molar-refractivity contribution in [3.8, 4) is 11.5 Å². The highest BCUT2D eigenvalue weighted by molar-refractivity contribution is 5.86. The number of aromatic hydroxyl groups is 1. The summed E-state index contributed by atoms with van der Waals surface area (Å²) in [6, 6.07) is 15.6. The second kappa shape index (κ2) is 9.87. The van der Waals surface area contributed by atoms with Crippen LogP contribution in [-0.4, -0.2) is 57.1 Å². The molecule has 1 heterocycles. The minimum Gasteiger partial charge on any atom is -0.504 e. The van der Waals surface area contributed by atoms with E-state index < -0.39 is 0 Å². The van der Waals surface area contributed by atoms with E-state index >= 15 is 0 Å². The van der Waals surface area contributed by atoms with E-state index in [9.17, 15) is 9.90 Å². The fourth-order valence-electron chi connectivity index (χ4n) is 3.44. The molecule has 0 aromatic heterocycles. The van der Waals surface area contributed by atoms with Gasteiger partial charge in [-0.3, -0.25) is 4.79 Å². The Labute approximate surface area is 165 Å². The smallest absolute Gasteiger partial charge is 0.295 e. The van der Waals surface area contributed by atoms with Crippen molar-refractivity contribution < 1.29 is 24.4 Å². The summed E-state index contributed by atoms with van der Waals surface area (Å²) >= 11 is 0. The third-order valence-corrected chi connectivity index (χ3v) is 5.01. The van der Waals surface area contributed by atoms with Gasteiger partial charge < -0.3 is 19.6 Å². The van der Waals surface area contributed by atoms with Crippen LogP contribution in [-0.2, 0) is 11.3 Å². The van der Waals surface area contributed by atoms with Crippen molar-refractivity contribution in [3.63, 3.8) is 0 Å².